The maximum atomic E-state index is 11.7. The highest BCUT2D eigenvalue weighted by Gasteiger charge is 2.23. The first kappa shape index (κ1) is 12.2. The third-order valence-electron chi connectivity index (χ3n) is 2.99. The van der Waals surface area contributed by atoms with E-state index in [4.69, 9.17) is 5.73 Å². The minimum atomic E-state index is 0.204. The lowest BCUT2D eigenvalue weighted by atomic mass is 9.86. The predicted molar refractivity (Wildman–Crippen MR) is 62.4 cm³/mol. The zero-order valence-electron chi connectivity index (χ0n) is 9.54. The second kappa shape index (κ2) is 6.62. The van der Waals surface area contributed by atoms with E-state index < -0.39 is 0 Å². The van der Waals surface area contributed by atoms with Crippen molar-refractivity contribution in [3.63, 3.8) is 0 Å². The predicted octanol–water partition coefficient (Wildman–Crippen LogP) is 1.59. The molecule has 1 aliphatic rings. The highest BCUT2D eigenvalue weighted by molar-refractivity contribution is 5.78. The third kappa shape index (κ3) is 4.47. The van der Waals surface area contributed by atoms with Gasteiger partial charge in [-0.1, -0.05) is 12.2 Å². The van der Waals surface area contributed by atoms with Crippen LogP contribution in [0.4, 0.5) is 0 Å². The van der Waals surface area contributed by atoms with Gasteiger partial charge in [-0.05, 0) is 39.0 Å². The van der Waals surface area contributed by atoms with Gasteiger partial charge in [0.2, 0.25) is 5.91 Å². The van der Waals surface area contributed by atoms with E-state index >= 15 is 0 Å². The Morgan fingerprint density at radius 1 is 1.40 bits per heavy atom. The van der Waals surface area contributed by atoms with Crippen molar-refractivity contribution in [3.05, 3.63) is 12.2 Å². The van der Waals surface area contributed by atoms with Crippen molar-refractivity contribution in [2.75, 3.05) is 6.54 Å². The fraction of sp³-hybridized carbons (Fsp3) is 0.750. The van der Waals surface area contributed by atoms with E-state index in [1.807, 2.05) is 13.0 Å². The number of carbonyl (C=O) groups excluding carboxylic acids is 1. The molecule has 0 aliphatic heterocycles. The van der Waals surface area contributed by atoms with Gasteiger partial charge in [0.25, 0.3) is 0 Å². The molecule has 3 nitrogen and oxygen atoms in total. The van der Waals surface area contributed by atoms with Crippen LogP contribution >= 0.6 is 0 Å². The average Bonchev–Trinajstić information content (AvgIpc) is 2.25. The molecule has 3 N–H and O–H groups in total. The first-order chi connectivity index (χ1) is 7.24. The molecule has 1 aliphatic carbocycles. The fourth-order valence-corrected chi connectivity index (χ4v) is 1.97. The highest BCUT2D eigenvalue weighted by atomic mass is 16.1. The molecule has 1 saturated carbocycles. The van der Waals surface area contributed by atoms with Crippen LogP contribution < -0.4 is 11.1 Å². The van der Waals surface area contributed by atoms with E-state index in [2.05, 4.69) is 11.4 Å². The molecule has 1 rings (SSSR count). The molecule has 0 spiro atoms. The summed E-state index contributed by atoms with van der Waals surface area (Å²) in [4.78, 5) is 11.7. The van der Waals surface area contributed by atoms with E-state index in [9.17, 15) is 4.79 Å². The van der Waals surface area contributed by atoms with Gasteiger partial charge < -0.3 is 11.1 Å². The van der Waals surface area contributed by atoms with Crippen molar-refractivity contribution in [1.29, 1.82) is 0 Å². The quantitative estimate of drug-likeness (QED) is 0.547. The number of nitrogens with two attached hydrogens (primary N) is 1. The molecule has 0 unspecified atom stereocenters. The number of nitrogens with one attached hydrogen (secondary N) is 1. The van der Waals surface area contributed by atoms with Crippen LogP contribution in [0.25, 0.3) is 0 Å². The topological polar surface area (TPSA) is 55.1 Å². The zero-order valence-corrected chi connectivity index (χ0v) is 9.54. The molecule has 86 valence electrons. The smallest absolute Gasteiger partial charge is 0.223 e. The van der Waals surface area contributed by atoms with Crippen molar-refractivity contribution in [3.8, 4) is 0 Å². The summed E-state index contributed by atoms with van der Waals surface area (Å²) in [6.45, 7) is 2.75. The summed E-state index contributed by atoms with van der Waals surface area (Å²) < 4.78 is 0. The van der Waals surface area contributed by atoms with Crippen molar-refractivity contribution in [2.24, 2.45) is 11.7 Å². The lowest BCUT2D eigenvalue weighted by Gasteiger charge is -2.25. The van der Waals surface area contributed by atoms with Gasteiger partial charge in [0.1, 0.15) is 0 Å². The summed E-state index contributed by atoms with van der Waals surface area (Å²) in [5, 5.41) is 2.97. The molecule has 0 bridgehead atoms. The molecule has 15 heavy (non-hydrogen) atoms. The summed E-state index contributed by atoms with van der Waals surface area (Å²) >= 11 is 0. The molecule has 0 atom stereocenters. The van der Waals surface area contributed by atoms with Crippen molar-refractivity contribution >= 4 is 5.91 Å². The van der Waals surface area contributed by atoms with Gasteiger partial charge in [0, 0.05) is 18.5 Å². The van der Waals surface area contributed by atoms with Crippen LogP contribution in [0.1, 0.15) is 39.0 Å². The largest absolute Gasteiger partial charge is 0.356 e. The summed E-state index contributed by atoms with van der Waals surface area (Å²) in [7, 11) is 0. The first-order valence-corrected chi connectivity index (χ1v) is 5.88. The zero-order chi connectivity index (χ0) is 11.1. The van der Waals surface area contributed by atoms with Gasteiger partial charge in [-0.15, -0.1) is 0 Å². The second-order valence-corrected chi connectivity index (χ2v) is 4.26. The Morgan fingerprint density at radius 3 is 2.67 bits per heavy atom. The Morgan fingerprint density at radius 2 is 2.07 bits per heavy atom. The van der Waals surface area contributed by atoms with Crippen molar-refractivity contribution in [2.45, 2.75) is 45.1 Å². The Hall–Kier alpha value is -0.830. The molecule has 0 heterocycles. The number of amides is 1. The number of carbonyl (C=O) groups is 1. The molecule has 0 aromatic heterocycles. The summed E-state index contributed by atoms with van der Waals surface area (Å²) in [5.41, 5.74) is 5.80. The van der Waals surface area contributed by atoms with Gasteiger partial charge in [-0.2, -0.15) is 0 Å². The number of rotatable bonds is 4. The van der Waals surface area contributed by atoms with Gasteiger partial charge in [0.15, 0.2) is 0 Å². The van der Waals surface area contributed by atoms with Gasteiger partial charge in [-0.25, -0.2) is 0 Å². The van der Waals surface area contributed by atoms with Crippen molar-refractivity contribution < 1.29 is 4.79 Å². The second-order valence-electron chi connectivity index (χ2n) is 4.26. The van der Waals surface area contributed by atoms with Gasteiger partial charge >= 0.3 is 0 Å². The maximum absolute atomic E-state index is 11.7. The molecular weight excluding hydrogens is 188 g/mol. The first-order valence-electron chi connectivity index (χ1n) is 5.88. The van der Waals surface area contributed by atoms with E-state index in [0.29, 0.717) is 6.04 Å². The van der Waals surface area contributed by atoms with E-state index in [-0.39, 0.29) is 11.8 Å². The molecule has 3 heteroatoms. The SMILES string of the molecule is C/C=C/CCNC(=O)C1CCC(N)CC1. The third-order valence-corrected chi connectivity index (χ3v) is 2.99. The molecule has 0 aromatic carbocycles. The lowest BCUT2D eigenvalue weighted by Crippen LogP contribution is -2.36. The standard InChI is InChI=1S/C12H22N2O/c1-2-3-4-9-14-12(15)10-5-7-11(13)8-6-10/h2-3,10-11H,4-9,13H2,1H3,(H,14,15)/b3-2+. The molecule has 0 saturated heterocycles. The Labute approximate surface area is 92.1 Å². The number of hydrogen-bond donors (Lipinski definition) is 2. The Kier molecular flexibility index (Phi) is 5.40. The normalized spacial score (nSPS) is 26.8. The summed E-state index contributed by atoms with van der Waals surface area (Å²) in [6, 6.07) is 0.317. The Balaban J connectivity index is 2.16. The van der Waals surface area contributed by atoms with E-state index in [1.165, 1.54) is 0 Å². The summed E-state index contributed by atoms with van der Waals surface area (Å²) in [6.07, 6.45) is 8.89. The molecule has 1 fully saturated rings. The molecule has 0 radical (unpaired) electrons. The minimum absolute atomic E-state index is 0.204. The molecule has 1 amide bonds. The molecular formula is C12H22N2O. The lowest BCUT2D eigenvalue weighted by molar-refractivity contribution is -0.125. The fourth-order valence-electron chi connectivity index (χ4n) is 1.97. The van der Waals surface area contributed by atoms with Crippen LogP contribution in [0, 0.1) is 5.92 Å². The summed E-state index contributed by atoms with van der Waals surface area (Å²) in [5.74, 6) is 0.418. The highest BCUT2D eigenvalue weighted by Crippen LogP contribution is 2.22. The van der Waals surface area contributed by atoms with Crippen LogP contribution in [0.3, 0.4) is 0 Å². The monoisotopic (exact) mass is 210 g/mol. The van der Waals surface area contributed by atoms with Crippen LogP contribution in [-0.2, 0) is 4.79 Å². The van der Waals surface area contributed by atoms with Gasteiger partial charge in [-0.3, -0.25) is 4.79 Å². The maximum Gasteiger partial charge on any atom is 0.223 e. The average molecular weight is 210 g/mol. The van der Waals surface area contributed by atoms with Crippen LogP contribution in [0.5, 0.6) is 0 Å². The van der Waals surface area contributed by atoms with E-state index in [1.54, 1.807) is 0 Å². The van der Waals surface area contributed by atoms with Crippen LogP contribution in [0.2, 0.25) is 0 Å². The van der Waals surface area contributed by atoms with Crippen molar-refractivity contribution in [1.82, 2.24) is 5.32 Å². The number of allylic oxidation sites excluding steroid dienone is 1. The van der Waals surface area contributed by atoms with Crippen LogP contribution in [-0.4, -0.2) is 18.5 Å². The Bertz CT molecular complexity index is 218. The minimum Gasteiger partial charge on any atom is -0.356 e. The van der Waals surface area contributed by atoms with Gasteiger partial charge in [0.05, 0.1) is 0 Å². The number of hydrogen-bond acceptors (Lipinski definition) is 2. The van der Waals surface area contributed by atoms with Crippen LogP contribution in [0.15, 0.2) is 12.2 Å². The molecule has 0 aromatic rings. The van der Waals surface area contributed by atoms with E-state index in [0.717, 1.165) is 38.6 Å².